The van der Waals surface area contributed by atoms with Gasteiger partial charge in [-0.05, 0) is 18.3 Å². The molecule has 5 heteroatoms. The molecule has 0 saturated heterocycles. The molecule has 0 heterocycles. The van der Waals surface area contributed by atoms with E-state index in [1.807, 2.05) is 32.0 Å². The Morgan fingerprint density at radius 2 is 1.72 bits per heavy atom. The normalized spacial score (nSPS) is 20.7. The smallest absolute Gasteiger partial charge is 0.222 e. The maximum absolute atomic E-state index is 12.4. The molecule has 0 aromatic heterocycles. The number of carbonyl (C=O) groups is 3. The number of hydrogen-bond acceptors (Lipinski definition) is 3. The van der Waals surface area contributed by atoms with Crippen LogP contribution in [0.5, 0.6) is 0 Å². The van der Waals surface area contributed by atoms with Crippen molar-refractivity contribution in [2.24, 2.45) is 17.1 Å². The summed E-state index contributed by atoms with van der Waals surface area (Å²) in [4.78, 5) is 36.4. The third-order valence-electron chi connectivity index (χ3n) is 4.85. The van der Waals surface area contributed by atoms with Crippen LogP contribution >= 0.6 is 0 Å². The minimum Gasteiger partial charge on any atom is -0.369 e. The van der Waals surface area contributed by atoms with Crippen molar-refractivity contribution in [1.82, 2.24) is 5.32 Å². The van der Waals surface area contributed by atoms with Gasteiger partial charge in [0.1, 0.15) is 0 Å². The lowest BCUT2D eigenvalue weighted by atomic mass is 9.81. The number of primary amides is 1. The molecule has 1 fully saturated rings. The highest BCUT2D eigenvalue weighted by Gasteiger charge is 2.32. The molecule has 0 radical (unpaired) electrons. The quantitative estimate of drug-likeness (QED) is 0.745. The van der Waals surface area contributed by atoms with Gasteiger partial charge < -0.3 is 11.1 Å². The Morgan fingerprint density at radius 1 is 1.08 bits per heavy atom. The SMILES string of the molecule is CC(C)(CC(=O)NC1CCCCC1C(N)=O)CC(=O)c1ccccc1. The molecule has 1 aromatic rings. The third kappa shape index (κ3) is 5.69. The summed E-state index contributed by atoms with van der Waals surface area (Å²) in [6.07, 6.45) is 4.02. The minimum atomic E-state index is -0.451. The van der Waals surface area contributed by atoms with E-state index in [0.29, 0.717) is 12.0 Å². The number of benzene rings is 1. The van der Waals surface area contributed by atoms with Crippen molar-refractivity contribution in [2.45, 2.75) is 58.4 Å². The zero-order valence-corrected chi connectivity index (χ0v) is 15.1. The molecule has 1 aliphatic rings. The Kier molecular flexibility index (Phi) is 6.34. The Bertz CT molecular complexity index is 625. The van der Waals surface area contributed by atoms with Gasteiger partial charge in [0.2, 0.25) is 11.8 Å². The topological polar surface area (TPSA) is 89.3 Å². The molecule has 2 unspecified atom stereocenters. The van der Waals surface area contributed by atoms with Gasteiger partial charge >= 0.3 is 0 Å². The van der Waals surface area contributed by atoms with E-state index in [2.05, 4.69) is 5.32 Å². The molecule has 2 amide bonds. The summed E-state index contributed by atoms with van der Waals surface area (Å²) in [6, 6.07) is 8.93. The number of carbonyl (C=O) groups excluding carboxylic acids is 3. The van der Waals surface area contributed by atoms with Crippen LogP contribution in [0.2, 0.25) is 0 Å². The summed E-state index contributed by atoms with van der Waals surface area (Å²) < 4.78 is 0. The maximum atomic E-state index is 12.4. The first kappa shape index (κ1) is 19.2. The fourth-order valence-electron chi connectivity index (χ4n) is 3.56. The van der Waals surface area contributed by atoms with Crippen LogP contribution in [-0.4, -0.2) is 23.6 Å². The molecule has 25 heavy (non-hydrogen) atoms. The highest BCUT2D eigenvalue weighted by atomic mass is 16.2. The number of rotatable bonds is 7. The molecule has 3 N–H and O–H groups in total. The predicted molar refractivity (Wildman–Crippen MR) is 96.9 cm³/mol. The molecule has 136 valence electrons. The van der Waals surface area contributed by atoms with Crippen LogP contribution < -0.4 is 11.1 Å². The molecule has 2 rings (SSSR count). The van der Waals surface area contributed by atoms with E-state index >= 15 is 0 Å². The molecular weight excluding hydrogens is 316 g/mol. The number of amides is 2. The van der Waals surface area contributed by atoms with Crippen LogP contribution in [0.1, 0.15) is 62.7 Å². The van der Waals surface area contributed by atoms with E-state index in [1.54, 1.807) is 12.1 Å². The summed E-state index contributed by atoms with van der Waals surface area (Å²) in [7, 11) is 0. The van der Waals surface area contributed by atoms with Gasteiger partial charge in [-0.15, -0.1) is 0 Å². The van der Waals surface area contributed by atoms with E-state index < -0.39 is 5.41 Å². The van der Waals surface area contributed by atoms with Gasteiger partial charge in [-0.1, -0.05) is 57.0 Å². The Hall–Kier alpha value is -2.17. The van der Waals surface area contributed by atoms with Gasteiger partial charge in [0.25, 0.3) is 0 Å². The molecule has 1 aromatic carbocycles. The first-order valence-corrected chi connectivity index (χ1v) is 8.95. The second kappa shape index (κ2) is 8.28. The molecule has 0 bridgehead atoms. The van der Waals surface area contributed by atoms with Crippen molar-refractivity contribution < 1.29 is 14.4 Å². The molecule has 5 nitrogen and oxygen atoms in total. The van der Waals surface area contributed by atoms with Crippen molar-refractivity contribution in [3.63, 3.8) is 0 Å². The van der Waals surface area contributed by atoms with Crippen molar-refractivity contribution >= 4 is 17.6 Å². The average molecular weight is 344 g/mol. The Balaban J connectivity index is 1.91. The van der Waals surface area contributed by atoms with Crippen LogP contribution in [0.25, 0.3) is 0 Å². The monoisotopic (exact) mass is 344 g/mol. The fraction of sp³-hybridized carbons (Fsp3) is 0.550. The highest BCUT2D eigenvalue weighted by molar-refractivity contribution is 5.96. The van der Waals surface area contributed by atoms with Crippen molar-refractivity contribution in [3.8, 4) is 0 Å². The Labute approximate surface area is 149 Å². The second-order valence-electron chi connectivity index (χ2n) is 7.77. The number of Topliss-reactive ketones (excluding diaryl/α,β-unsaturated/α-hetero) is 1. The van der Waals surface area contributed by atoms with Gasteiger partial charge in [0.05, 0.1) is 5.92 Å². The molecule has 1 aliphatic carbocycles. The molecule has 0 aliphatic heterocycles. The van der Waals surface area contributed by atoms with Crippen LogP contribution in [0.15, 0.2) is 30.3 Å². The lowest BCUT2D eigenvalue weighted by Gasteiger charge is -2.31. The first-order valence-electron chi connectivity index (χ1n) is 8.95. The zero-order chi connectivity index (χ0) is 18.4. The van der Waals surface area contributed by atoms with E-state index in [4.69, 9.17) is 5.73 Å². The summed E-state index contributed by atoms with van der Waals surface area (Å²) in [5, 5.41) is 2.97. The van der Waals surface area contributed by atoms with Crippen LogP contribution in [0.3, 0.4) is 0 Å². The summed E-state index contributed by atoms with van der Waals surface area (Å²) in [6.45, 7) is 3.83. The van der Waals surface area contributed by atoms with E-state index in [1.165, 1.54) is 0 Å². The van der Waals surface area contributed by atoms with E-state index in [9.17, 15) is 14.4 Å². The van der Waals surface area contributed by atoms with E-state index in [0.717, 1.165) is 25.7 Å². The van der Waals surface area contributed by atoms with Gasteiger partial charge in [-0.25, -0.2) is 0 Å². The number of hydrogen-bond donors (Lipinski definition) is 2. The average Bonchev–Trinajstić information content (AvgIpc) is 2.54. The fourth-order valence-corrected chi connectivity index (χ4v) is 3.56. The second-order valence-corrected chi connectivity index (χ2v) is 7.77. The van der Waals surface area contributed by atoms with Gasteiger partial charge in [-0.3, -0.25) is 14.4 Å². The molecular formula is C20H28N2O3. The van der Waals surface area contributed by atoms with Crippen LogP contribution in [0.4, 0.5) is 0 Å². The number of nitrogens with two attached hydrogens (primary N) is 1. The first-order chi connectivity index (χ1) is 11.8. The summed E-state index contributed by atoms with van der Waals surface area (Å²) in [5.41, 5.74) is 5.67. The number of ketones is 1. The van der Waals surface area contributed by atoms with Crippen LogP contribution in [-0.2, 0) is 9.59 Å². The summed E-state index contributed by atoms with van der Waals surface area (Å²) >= 11 is 0. The van der Waals surface area contributed by atoms with Crippen molar-refractivity contribution in [2.75, 3.05) is 0 Å². The zero-order valence-electron chi connectivity index (χ0n) is 15.1. The molecule has 2 atom stereocenters. The van der Waals surface area contributed by atoms with Crippen molar-refractivity contribution in [1.29, 1.82) is 0 Å². The van der Waals surface area contributed by atoms with Crippen LogP contribution in [0, 0.1) is 11.3 Å². The van der Waals surface area contributed by atoms with Gasteiger partial charge in [0.15, 0.2) is 5.78 Å². The number of nitrogens with one attached hydrogen (secondary N) is 1. The lowest BCUT2D eigenvalue weighted by Crippen LogP contribution is -2.47. The van der Waals surface area contributed by atoms with Gasteiger partial charge in [0, 0.05) is 24.4 Å². The minimum absolute atomic E-state index is 0.0334. The molecule has 0 spiro atoms. The highest BCUT2D eigenvalue weighted by Crippen LogP contribution is 2.29. The largest absolute Gasteiger partial charge is 0.369 e. The van der Waals surface area contributed by atoms with E-state index in [-0.39, 0.29) is 36.0 Å². The standard InChI is InChI=1S/C20H28N2O3/c1-20(2,12-17(23)14-8-4-3-5-9-14)13-18(24)22-16-11-7-6-10-15(16)19(21)25/h3-5,8-9,15-16H,6-7,10-13H2,1-2H3,(H2,21,25)(H,22,24). The van der Waals surface area contributed by atoms with Gasteiger partial charge in [-0.2, -0.15) is 0 Å². The molecule has 1 saturated carbocycles. The Morgan fingerprint density at radius 3 is 2.36 bits per heavy atom. The summed E-state index contributed by atoms with van der Waals surface area (Å²) in [5.74, 6) is -0.717. The van der Waals surface area contributed by atoms with Crippen molar-refractivity contribution in [3.05, 3.63) is 35.9 Å². The third-order valence-corrected chi connectivity index (χ3v) is 4.85. The maximum Gasteiger partial charge on any atom is 0.222 e. The lowest BCUT2D eigenvalue weighted by molar-refractivity contribution is -0.127. The predicted octanol–water partition coefficient (Wildman–Crippen LogP) is 2.84.